The van der Waals surface area contributed by atoms with Crippen molar-refractivity contribution >= 4 is 22.5 Å². The highest BCUT2D eigenvalue weighted by atomic mass is 16.3. The van der Waals surface area contributed by atoms with Crippen molar-refractivity contribution in [2.75, 3.05) is 5.32 Å². The molecule has 3 aromatic rings. The van der Waals surface area contributed by atoms with Crippen LogP contribution in [0.5, 0.6) is 0 Å². The second kappa shape index (κ2) is 4.81. The number of carbonyl (C=O) groups excluding carboxylic acids is 1. The van der Waals surface area contributed by atoms with Gasteiger partial charge in [-0.25, -0.2) is 0 Å². The number of aromatic amines is 1. The Morgan fingerprint density at radius 2 is 2.00 bits per heavy atom. The minimum atomic E-state index is -0.245. The van der Waals surface area contributed by atoms with E-state index in [4.69, 9.17) is 4.42 Å². The average Bonchev–Trinajstić information content (AvgIpc) is 3.06. The van der Waals surface area contributed by atoms with Crippen LogP contribution in [-0.2, 0) is 5.41 Å². The van der Waals surface area contributed by atoms with E-state index in [1.807, 2.05) is 18.2 Å². The Morgan fingerprint density at radius 1 is 1.19 bits per heavy atom. The van der Waals surface area contributed by atoms with Gasteiger partial charge in [0.25, 0.3) is 5.91 Å². The molecule has 0 aliphatic carbocycles. The number of furan rings is 1. The zero-order valence-electron chi connectivity index (χ0n) is 12.4. The van der Waals surface area contributed by atoms with E-state index >= 15 is 0 Å². The first-order valence-corrected chi connectivity index (χ1v) is 6.91. The van der Waals surface area contributed by atoms with Crippen molar-refractivity contribution in [3.8, 4) is 0 Å². The fourth-order valence-electron chi connectivity index (χ4n) is 2.21. The van der Waals surface area contributed by atoms with Crippen molar-refractivity contribution in [1.82, 2.24) is 4.98 Å². The molecule has 1 aromatic carbocycles. The fraction of sp³-hybridized carbons (Fsp3) is 0.235. The van der Waals surface area contributed by atoms with Gasteiger partial charge in [0.15, 0.2) is 5.76 Å². The fourth-order valence-corrected chi connectivity index (χ4v) is 2.21. The molecule has 0 unspecified atom stereocenters. The van der Waals surface area contributed by atoms with Gasteiger partial charge in [-0.05, 0) is 36.4 Å². The maximum Gasteiger partial charge on any atom is 0.291 e. The van der Waals surface area contributed by atoms with E-state index in [9.17, 15) is 4.79 Å². The van der Waals surface area contributed by atoms with E-state index in [1.165, 1.54) is 12.0 Å². The Morgan fingerprint density at radius 3 is 2.67 bits per heavy atom. The van der Waals surface area contributed by atoms with E-state index in [0.29, 0.717) is 5.76 Å². The van der Waals surface area contributed by atoms with Crippen molar-refractivity contribution in [2.24, 2.45) is 0 Å². The third-order valence-electron chi connectivity index (χ3n) is 3.43. The lowest BCUT2D eigenvalue weighted by Gasteiger charge is -2.15. The molecule has 0 atom stereocenters. The topological polar surface area (TPSA) is 58.0 Å². The number of fused-ring (bicyclic) bond motifs is 1. The lowest BCUT2D eigenvalue weighted by atomic mass is 9.92. The average molecular weight is 282 g/mol. The third kappa shape index (κ3) is 2.70. The molecule has 108 valence electrons. The van der Waals surface area contributed by atoms with E-state index in [0.717, 1.165) is 16.6 Å². The number of amides is 1. The van der Waals surface area contributed by atoms with Gasteiger partial charge in [-0.15, -0.1) is 0 Å². The van der Waals surface area contributed by atoms with E-state index < -0.39 is 0 Å². The molecule has 2 aromatic heterocycles. The van der Waals surface area contributed by atoms with Crippen LogP contribution < -0.4 is 5.32 Å². The van der Waals surface area contributed by atoms with Crippen molar-refractivity contribution in [3.63, 3.8) is 0 Å². The van der Waals surface area contributed by atoms with Crippen LogP contribution in [0.2, 0.25) is 0 Å². The van der Waals surface area contributed by atoms with Gasteiger partial charge in [0.1, 0.15) is 0 Å². The predicted molar refractivity (Wildman–Crippen MR) is 83.7 cm³/mol. The summed E-state index contributed by atoms with van der Waals surface area (Å²) in [7, 11) is 0. The molecule has 2 heterocycles. The van der Waals surface area contributed by atoms with Gasteiger partial charge in [0, 0.05) is 27.7 Å². The van der Waals surface area contributed by atoms with Crippen LogP contribution in [0.25, 0.3) is 10.9 Å². The quantitative estimate of drug-likeness (QED) is 0.735. The third-order valence-corrected chi connectivity index (χ3v) is 3.43. The molecule has 0 saturated heterocycles. The largest absolute Gasteiger partial charge is 0.459 e. The van der Waals surface area contributed by atoms with Gasteiger partial charge in [-0.1, -0.05) is 20.8 Å². The normalized spacial score (nSPS) is 11.8. The molecule has 2 N–H and O–H groups in total. The summed E-state index contributed by atoms with van der Waals surface area (Å²) in [6.45, 7) is 6.49. The summed E-state index contributed by atoms with van der Waals surface area (Å²) in [4.78, 5) is 15.4. The minimum Gasteiger partial charge on any atom is -0.459 e. The highest BCUT2D eigenvalue weighted by molar-refractivity contribution is 6.03. The molecule has 0 aliphatic rings. The maximum atomic E-state index is 12.0. The van der Waals surface area contributed by atoms with Crippen LogP contribution >= 0.6 is 0 Å². The first-order valence-electron chi connectivity index (χ1n) is 6.91. The SMILES string of the molecule is CC(C)(C)c1cc2cc(NC(=O)c3ccco3)ccc2[nH]1. The number of rotatable bonds is 2. The number of hydrogen-bond donors (Lipinski definition) is 2. The Labute approximate surface area is 123 Å². The van der Waals surface area contributed by atoms with Crippen molar-refractivity contribution in [2.45, 2.75) is 26.2 Å². The second-order valence-corrected chi connectivity index (χ2v) is 6.17. The smallest absolute Gasteiger partial charge is 0.291 e. The number of hydrogen-bond acceptors (Lipinski definition) is 2. The van der Waals surface area contributed by atoms with Gasteiger partial charge in [0.2, 0.25) is 0 Å². The first kappa shape index (κ1) is 13.5. The molecule has 1 amide bonds. The monoisotopic (exact) mass is 282 g/mol. The number of benzene rings is 1. The molecule has 4 heteroatoms. The van der Waals surface area contributed by atoms with Crippen LogP contribution in [0, 0.1) is 0 Å². The molecule has 21 heavy (non-hydrogen) atoms. The van der Waals surface area contributed by atoms with Gasteiger partial charge in [-0.3, -0.25) is 4.79 Å². The van der Waals surface area contributed by atoms with Crippen molar-refractivity contribution in [3.05, 3.63) is 54.1 Å². The zero-order valence-corrected chi connectivity index (χ0v) is 12.4. The molecule has 4 nitrogen and oxygen atoms in total. The molecule has 0 spiro atoms. The van der Waals surface area contributed by atoms with E-state index in [1.54, 1.807) is 12.1 Å². The van der Waals surface area contributed by atoms with Gasteiger partial charge < -0.3 is 14.7 Å². The number of nitrogens with one attached hydrogen (secondary N) is 2. The van der Waals surface area contributed by atoms with Crippen LogP contribution in [-0.4, -0.2) is 10.9 Å². The summed E-state index contributed by atoms with van der Waals surface area (Å²) < 4.78 is 5.09. The van der Waals surface area contributed by atoms with E-state index in [-0.39, 0.29) is 11.3 Å². The molecular weight excluding hydrogens is 264 g/mol. The Balaban J connectivity index is 1.89. The molecular formula is C17H18N2O2. The summed E-state index contributed by atoms with van der Waals surface area (Å²) in [6, 6.07) is 11.3. The van der Waals surface area contributed by atoms with Gasteiger partial charge in [0.05, 0.1) is 6.26 Å². The summed E-state index contributed by atoms with van der Waals surface area (Å²) in [5.41, 5.74) is 3.06. The lowest BCUT2D eigenvalue weighted by molar-refractivity contribution is 0.0996. The molecule has 0 fully saturated rings. The van der Waals surface area contributed by atoms with Crippen molar-refractivity contribution in [1.29, 1.82) is 0 Å². The minimum absolute atomic E-state index is 0.0661. The standard InChI is InChI=1S/C17H18N2O2/c1-17(2,3)15-10-11-9-12(6-7-13(11)19-15)18-16(20)14-5-4-8-21-14/h4-10,19H,1-3H3,(H,18,20). The van der Waals surface area contributed by atoms with Crippen LogP contribution in [0.3, 0.4) is 0 Å². The molecule has 0 saturated carbocycles. The lowest BCUT2D eigenvalue weighted by Crippen LogP contribution is -2.10. The van der Waals surface area contributed by atoms with Gasteiger partial charge >= 0.3 is 0 Å². The summed E-state index contributed by atoms with van der Waals surface area (Å²) in [5, 5.41) is 3.92. The van der Waals surface area contributed by atoms with Crippen LogP contribution in [0.1, 0.15) is 37.0 Å². The number of carbonyl (C=O) groups is 1. The number of H-pyrrole nitrogens is 1. The first-order chi connectivity index (χ1) is 9.93. The molecule has 0 bridgehead atoms. The highest BCUT2D eigenvalue weighted by Gasteiger charge is 2.16. The van der Waals surface area contributed by atoms with Crippen LogP contribution in [0.15, 0.2) is 47.1 Å². The van der Waals surface area contributed by atoms with Crippen LogP contribution in [0.4, 0.5) is 5.69 Å². The highest BCUT2D eigenvalue weighted by Crippen LogP contribution is 2.27. The zero-order chi connectivity index (χ0) is 15.0. The Hall–Kier alpha value is -2.49. The molecule has 0 aliphatic heterocycles. The second-order valence-electron chi connectivity index (χ2n) is 6.17. The predicted octanol–water partition coefficient (Wildman–Crippen LogP) is 4.31. The van der Waals surface area contributed by atoms with E-state index in [2.05, 4.69) is 37.1 Å². The summed E-state index contributed by atoms with van der Waals surface area (Å²) in [6.07, 6.45) is 1.49. The van der Waals surface area contributed by atoms with Gasteiger partial charge in [-0.2, -0.15) is 0 Å². The van der Waals surface area contributed by atoms with Crippen molar-refractivity contribution < 1.29 is 9.21 Å². The Kier molecular flexibility index (Phi) is 3.09. The summed E-state index contributed by atoms with van der Waals surface area (Å²) in [5.74, 6) is 0.0606. The molecule has 3 rings (SSSR count). The Bertz CT molecular complexity index is 777. The number of anilines is 1. The summed E-state index contributed by atoms with van der Waals surface area (Å²) >= 11 is 0. The number of aromatic nitrogens is 1. The maximum absolute atomic E-state index is 12.0. The molecule has 0 radical (unpaired) electrons.